The number of benzene rings is 1. The van der Waals surface area contributed by atoms with Gasteiger partial charge in [0, 0.05) is 17.1 Å². The molecule has 0 unspecified atom stereocenters. The van der Waals surface area contributed by atoms with E-state index in [4.69, 9.17) is 0 Å². The second-order valence-electron chi connectivity index (χ2n) is 6.10. The van der Waals surface area contributed by atoms with Gasteiger partial charge in [-0.25, -0.2) is 0 Å². The lowest BCUT2D eigenvalue weighted by atomic mass is 10.1. The molecule has 0 aromatic heterocycles. The molecule has 0 heterocycles. The Balaban J connectivity index is 2.16. The average Bonchev–Trinajstić information content (AvgIpc) is 2.93. The summed E-state index contributed by atoms with van der Waals surface area (Å²) in [5.41, 5.74) is 0.795. The molecular formula is C17H24BrNO. The SMILES string of the molecule is CC(C)CCN(C(=O)c1ccccc1Br)C1CCCC1. The molecule has 1 aromatic carbocycles. The zero-order chi connectivity index (χ0) is 14.5. The van der Waals surface area contributed by atoms with Crippen LogP contribution < -0.4 is 0 Å². The van der Waals surface area contributed by atoms with Crippen molar-refractivity contribution in [1.29, 1.82) is 0 Å². The predicted octanol–water partition coefficient (Wildman–Crippen LogP) is 4.88. The molecule has 2 rings (SSSR count). The summed E-state index contributed by atoms with van der Waals surface area (Å²) in [7, 11) is 0. The molecule has 1 aliphatic carbocycles. The maximum absolute atomic E-state index is 12.9. The number of hydrogen-bond acceptors (Lipinski definition) is 1. The lowest BCUT2D eigenvalue weighted by molar-refractivity contribution is 0.0671. The van der Waals surface area contributed by atoms with Gasteiger partial charge in [0.25, 0.3) is 5.91 Å². The van der Waals surface area contributed by atoms with Crippen molar-refractivity contribution in [3.63, 3.8) is 0 Å². The monoisotopic (exact) mass is 337 g/mol. The van der Waals surface area contributed by atoms with Crippen molar-refractivity contribution in [1.82, 2.24) is 4.90 Å². The van der Waals surface area contributed by atoms with Gasteiger partial charge >= 0.3 is 0 Å². The van der Waals surface area contributed by atoms with Crippen LogP contribution in [0.2, 0.25) is 0 Å². The van der Waals surface area contributed by atoms with Gasteiger partial charge in [-0.3, -0.25) is 4.79 Å². The molecule has 0 saturated heterocycles. The Morgan fingerprint density at radius 3 is 2.55 bits per heavy atom. The van der Waals surface area contributed by atoms with Crippen LogP contribution in [0.4, 0.5) is 0 Å². The second kappa shape index (κ2) is 7.26. The fourth-order valence-corrected chi connectivity index (χ4v) is 3.31. The Bertz CT molecular complexity index is 452. The fraction of sp³-hybridized carbons (Fsp3) is 0.588. The van der Waals surface area contributed by atoms with Crippen molar-refractivity contribution in [2.45, 2.75) is 52.0 Å². The zero-order valence-corrected chi connectivity index (χ0v) is 14.0. The van der Waals surface area contributed by atoms with Gasteiger partial charge in [-0.2, -0.15) is 0 Å². The Morgan fingerprint density at radius 2 is 1.95 bits per heavy atom. The Labute approximate surface area is 130 Å². The minimum Gasteiger partial charge on any atom is -0.336 e. The summed E-state index contributed by atoms with van der Waals surface area (Å²) in [6, 6.07) is 8.20. The number of carbonyl (C=O) groups excluding carboxylic acids is 1. The Hall–Kier alpha value is -0.830. The van der Waals surface area contributed by atoms with Crippen molar-refractivity contribution in [2.75, 3.05) is 6.54 Å². The van der Waals surface area contributed by atoms with Gasteiger partial charge in [0.1, 0.15) is 0 Å². The lowest BCUT2D eigenvalue weighted by Crippen LogP contribution is -2.40. The highest BCUT2D eigenvalue weighted by Crippen LogP contribution is 2.27. The summed E-state index contributed by atoms with van der Waals surface area (Å²) >= 11 is 3.51. The highest BCUT2D eigenvalue weighted by molar-refractivity contribution is 9.10. The maximum Gasteiger partial charge on any atom is 0.255 e. The van der Waals surface area contributed by atoms with E-state index in [2.05, 4.69) is 34.7 Å². The molecular weight excluding hydrogens is 314 g/mol. The van der Waals surface area contributed by atoms with E-state index in [0.29, 0.717) is 12.0 Å². The highest BCUT2D eigenvalue weighted by Gasteiger charge is 2.28. The first-order valence-electron chi connectivity index (χ1n) is 7.65. The molecule has 1 fully saturated rings. The van der Waals surface area contributed by atoms with E-state index in [1.165, 1.54) is 12.8 Å². The van der Waals surface area contributed by atoms with Crippen LogP contribution in [0.3, 0.4) is 0 Å². The summed E-state index contributed by atoms with van der Waals surface area (Å²) in [5.74, 6) is 0.816. The lowest BCUT2D eigenvalue weighted by Gasteiger charge is -2.30. The average molecular weight is 338 g/mol. The van der Waals surface area contributed by atoms with Crippen molar-refractivity contribution in [3.8, 4) is 0 Å². The van der Waals surface area contributed by atoms with E-state index in [0.717, 1.165) is 35.8 Å². The van der Waals surface area contributed by atoms with Crippen LogP contribution >= 0.6 is 15.9 Å². The first kappa shape index (κ1) is 15.6. The Morgan fingerprint density at radius 1 is 1.30 bits per heavy atom. The van der Waals surface area contributed by atoms with Crippen LogP contribution in [0, 0.1) is 5.92 Å². The van der Waals surface area contributed by atoms with Crippen molar-refractivity contribution < 1.29 is 4.79 Å². The van der Waals surface area contributed by atoms with Crippen molar-refractivity contribution >= 4 is 21.8 Å². The second-order valence-corrected chi connectivity index (χ2v) is 6.95. The van der Waals surface area contributed by atoms with E-state index in [1.807, 2.05) is 24.3 Å². The van der Waals surface area contributed by atoms with Gasteiger partial charge in [0.2, 0.25) is 0 Å². The van der Waals surface area contributed by atoms with Gasteiger partial charge in [-0.05, 0) is 53.2 Å². The van der Waals surface area contributed by atoms with E-state index >= 15 is 0 Å². The topological polar surface area (TPSA) is 20.3 Å². The van der Waals surface area contributed by atoms with Gasteiger partial charge in [-0.1, -0.05) is 38.8 Å². The fourth-order valence-electron chi connectivity index (χ4n) is 2.85. The molecule has 1 aliphatic rings. The van der Waals surface area contributed by atoms with Crippen LogP contribution in [-0.2, 0) is 0 Å². The summed E-state index contributed by atoms with van der Waals surface area (Å²) in [6.07, 6.45) is 5.91. The number of amides is 1. The maximum atomic E-state index is 12.9. The minimum absolute atomic E-state index is 0.185. The van der Waals surface area contributed by atoms with Gasteiger partial charge < -0.3 is 4.90 Å². The third-order valence-corrected chi connectivity index (χ3v) is 4.77. The smallest absolute Gasteiger partial charge is 0.255 e. The molecule has 0 radical (unpaired) electrons. The van der Waals surface area contributed by atoms with Crippen LogP contribution in [0.25, 0.3) is 0 Å². The van der Waals surface area contributed by atoms with Gasteiger partial charge in [0.05, 0.1) is 5.56 Å². The number of nitrogens with zero attached hydrogens (tertiary/aromatic N) is 1. The van der Waals surface area contributed by atoms with Gasteiger partial charge in [-0.15, -0.1) is 0 Å². The third-order valence-electron chi connectivity index (χ3n) is 4.08. The molecule has 20 heavy (non-hydrogen) atoms. The number of hydrogen-bond donors (Lipinski definition) is 0. The molecule has 1 aromatic rings. The molecule has 0 spiro atoms. The van der Waals surface area contributed by atoms with E-state index in [9.17, 15) is 4.79 Å². The third kappa shape index (κ3) is 3.85. The van der Waals surface area contributed by atoms with Gasteiger partial charge in [0.15, 0.2) is 0 Å². The summed E-state index contributed by atoms with van der Waals surface area (Å²) in [4.78, 5) is 15.0. The molecule has 1 saturated carbocycles. The first-order valence-corrected chi connectivity index (χ1v) is 8.44. The highest BCUT2D eigenvalue weighted by atomic mass is 79.9. The van der Waals surface area contributed by atoms with Crippen molar-refractivity contribution in [3.05, 3.63) is 34.3 Å². The largest absolute Gasteiger partial charge is 0.336 e. The normalized spacial score (nSPS) is 15.8. The molecule has 0 atom stereocenters. The molecule has 0 N–H and O–H groups in total. The molecule has 0 aliphatic heterocycles. The summed E-state index contributed by atoms with van der Waals surface area (Å²) in [6.45, 7) is 5.31. The number of rotatable bonds is 5. The van der Waals surface area contributed by atoms with E-state index in [-0.39, 0.29) is 5.91 Å². The van der Waals surface area contributed by atoms with Crippen molar-refractivity contribution in [2.24, 2.45) is 5.92 Å². The minimum atomic E-state index is 0.185. The predicted molar refractivity (Wildman–Crippen MR) is 86.9 cm³/mol. The summed E-state index contributed by atoms with van der Waals surface area (Å²) < 4.78 is 0.901. The number of carbonyl (C=O) groups is 1. The van der Waals surface area contributed by atoms with Crippen LogP contribution in [0.5, 0.6) is 0 Å². The van der Waals surface area contributed by atoms with Crippen LogP contribution in [-0.4, -0.2) is 23.4 Å². The van der Waals surface area contributed by atoms with E-state index < -0.39 is 0 Å². The molecule has 2 nitrogen and oxygen atoms in total. The Kier molecular flexibility index (Phi) is 5.64. The van der Waals surface area contributed by atoms with Crippen LogP contribution in [0.15, 0.2) is 28.7 Å². The molecule has 0 bridgehead atoms. The molecule has 110 valence electrons. The molecule has 1 amide bonds. The first-order chi connectivity index (χ1) is 9.59. The quantitative estimate of drug-likeness (QED) is 0.749. The zero-order valence-electron chi connectivity index (χ0n) is 12.4. The van der Waals surface area contributed by atoms with Crippen LogP contribution in [0.1, 0.15) is 56.3 Å². The molecule has 3 heteroatoms. The standard InChI is InChI=1S/C17H24BrNO/c1-13(2)11-12-19(14-7-3-4-8-14)17(20)15-9-5-6-10-16(15)18/h5-6,9-10,13-14H,3-4,7-8,11-12H2,1-2H3. The number of halogens is 1. The van der Waals surface area contributed by atoms with E-state index in [1.54, 1.807) is 0 Å². The summed E-state index contributed by atoms with van der Waals surface area (Å²) in [5, 5.41) is 0.